The summed E-state index contributed by atoms with van der Waals surface area (Å²) in [6.45, 7) is 3.70. The van der Waals surface area contributed by atoms with Gasteiger partial charge < -0.3 is 4.52 Å². The SMILES string of the molecule is CN1OC(C)(C)CC1S(=O)(=O)Cc1noc2c(Cl)cc(Cl)cc12. The van der Waals surface area contributed by atoms with Crippen molar-refractivity contribution in [1.82, 2.24) is 10.2 Å². The largest absolute Gasteiger partial charge is 0.354 e. The highest BCUT2D eigenvalue weighted by molar-refractivity contribution is 7.91. The molecule has 0 bridgehead atoms. The van der Waals surface area contributed by atoms with Crippen LogP contribution in [0.1, 0.15) is 26.0 Å². The third-order valence-electron chi connectivity index (χ3n) is 3.78. The normalized spacial score (nSPS) is 22.0. The Morgan fingerprint density at radius 2 is 2.09 bits per heavy atom. The molecule has 23 heavy (non-hydrogen) atoms. The number of hydroxylamine groups is 2. The number of sulfone groups is 1. The van der Waals surface area contributed by atoms with Crippen molar-refractivity contribution in [1.29, 1.82) is 0 Å². The molecule has 9 heteroatoms. The van der Waals surface area contributed by atoms with Gasteiger partial charge in [0.2, 0.25) is 0 Å². The minimum absolute atomic E-state index is 0.273. The van der Waals surface area contributed by atoms with Crippen molar-refractivity contribution in [2.45, 2.75) is 37.0 Å². The Labute approximate surface area is 144 Å². The molecule has 0 N–H and O–H groups in total. The number of aromatic nitrogens is 1. The maximum absolute atomic E-state index is 12.7. The van der Waals surface area contributed by atoms with E-state index < -0.39 is 20.8 Å². The van der Waals surface area contributed by atoms with Gasteiger partial charge in [-0.2, -0.15) is 5.06 Å². The fraction of sp³-hybridized carbons (Fsp3) is 0.500. The van der Waals surface area contributed by atoms with E-state index in [1.807, 2.05) is 13.8 Å². The Balaban J connectivity index is 1.96. The average Bonchev–Trinajstić information content (AvgIpc) is 2.90. The van der Waals surface area contributed by atoms with Gasteiger partial charge in [0.05, 0.1) is 16.4 Å². The quantitative estimate of drug-likeness (QED) is 0.814. The van der Waals surface area contributed by atoms with Crippen LogP contribution in [0.25, 0.3) is 11.0 Å². The number of halogens is 2. The lowest BCUT2D eigenvalue weighted by molar-refractivity contribution is -0.168. The summed E-state index contributed by atoms with van der Waals surface area (Å²) in [7, 11) is -1.91. The van der Waals surface area contributed by atoms with Gasteiger partial charge >= 0.3 is 0 Å². The molecule has 0 saturated carbocycles. The summed E-state index contributed by atoms with van der Waals surface area (Å²) in [6, 6.07) is 3.12. The number of nitrogens with zero attached hydrogens (tertiary/aromatic N) is 2. The van der Waals surface area contributed by atoms with Crippen LogP contribution in [0.3, 0.4) is 0 Å². The van der Waals surface area contributed by atoms with Crippen LogP contribution in [0, 0.1) is 0 Å². The van der Waals surface area contributed by atoms with Crippen LogP contribution in [0.5, 0.6) is 0 Å². The number of hydrogen-bond acceptors (Lipinski definition) is 6. The minimum Gasteiger partial charge on any atom is -0.354 e. The Kier molecular flexibility index (Phi) is 4.13. The first kappa shape index (κ1) is 17.0. The fourth-order valence-electron chi connectivity index (χ4n) is 2.80. The molecule has 1 aromatic carbocycles. The summed E-state index contributed by atoms with van der Waals surface area (Å²) in [4.78, 5) is 5.56. The summed E-state index contributed by atoms with van der Waals surface area (Å²) >= 11 is 12.0. The van der Waals surface area contributed by atoms with Crippen LogP contribution in [-0.2, 0) is 20.4 Å². The molecule has 1 fully saturated rings. The first-order valence-corrected chi connectivity index (χ1v) is 9.43. The first-order valence-electron chi connectivity index (χ1n) is 6.96. The smallest absolute Gasteiger partial charge is 0.185 e. The van der Waals surface area contributed by atoms with Gasteiger partial charge in [0.25, 0.3) is 0 Å². The predicted molar refractivity (Wildman–Crippen MR) is 88.0 cm³/mol. The molecule has 1 aromatic heterocycles. The van der Waals surface area contributed by atoms with E-state index in [-0.39, 0.29) is 5.75 Å². The van der Waals surface area contributed by atoms with Crippen LogP contribution in [0.2, 0.25) is 10.0 Å². The molecule has 1 aliphatic heterocycles. The van der Waals surface area contributed by atoms with Crippen molar-refractivity contribution in [2.75, 3.05) is 7.05 Å². The van der Waals surface area contributed by atoms with Crippen LogP contribution in [0.15, 0.2) is 16.7 Å². The zero-order valence-electron chi connectivity index (χ0n) is 12.8. The van der Waals surface area contributed by atoms with E-state index >= 15 is 0 Å². The average molecular weight is 379 g/mol. The molecule has 2 aromatic rings. The summed E-state index contributed by atoms with van der Waals surface area (Å²) in [5, 5.41) is 5.71. The zero-order valence-corrected chi connectivity index (χ0v) is 15.2. The second kappa shape index (κ2) is 5.60. The highest BCUT2D eigenvalue weighted by Crippen LogP contribution is 2.35. The van der Waals surface area contributed by atoms with Crippen molar-refractivity contribution in [3.8, 4) is 0 Å². The van der Waals surface area contributed by atoms with Crippen molar-refractivity contribution < 1.29 is 17.8 Å². The molecule has 3 rings (SSSR count). The maximum Gasteiger partial charge on any atom is 0.185 e. The van der Waals surface area contributed by atoms with E-state index in [0.717, 1.165) is 0 Å². The van der Waals surface area contributed by atoms with E-state index in [4.69, 9.17) is 32.6 Å². The standard InChI is InChI=1S/C14H16Cl2N2O4S/c1-14(2)6-12(18(3)22-14)23(19,20)7-11-9-4-8(15)5-10(16)13(9)21-17-11/h4-5,12H,6-7H2,1-3H3. The highest BCUT2D eigenvalue weighted by atomic mass is 35.5. The lowest BCUT2D eigenvalue weighted by Gasteiger charge is -2.18. The van der Waals surface area contributed by atoms with Gasteiger partial charge in [0, 0.05) is 23.9 Å². The zero-order chi connectivity index (χ0) is 17.0. The van der Waals surface area contributed by atoms with Crippen molar-refractivity contribution in [3.05, 3.63) is 27.9 Å². The van der Waals surface area contributed by atoms with Crippen LogP contribution < -0.4 is 0 Å². The Bertz CT molecular complexity index is 863. The molecule has 6 nitrogen and oxygen atoms in total. The molecule has 0 spiro atoms. The third kappa shape index (κ3) is 3.21. The lowest BCUT2D eigenvalue weighted by Crippen LogP contribution is -2.33. The summed E-state index contributed by atoms with van der Waals surface area (Å²) in [6.07, 6.45) is 0.378. The molecule has 1 atom stereocenters. The van der Waals surface area contributed by atoms with E-state index in [2.05, 4.69) is 5.16 Å². The summed E-state index contributed by atoms with van der Waals surface area (Å²) in [5.41, 5.74) is 0.102. The van der Waals surface area contributed by atoms with Crippen LogP contribution in [-0.4, -0.2) is 36.7 Å². The minimum atomic E-state index is -3.53. The molecule has 1 aliphatic rings. The number of hydrogen-bond donors (Lipinski definition) is 0. The Morgan fingerprint density at radius 3 is 2.70 bits per heavy atom. The fourth-order valence-corrected chi connectivity index (χ4v) is 5.26. The van der Waals surface area contributed by atoms with Gasteiger partial charge in [0.1, 0.15) is 11.1 Å². The van der Waals surface area contributed by atoms with Gasteiger partial charge in [0.15, 0.2) is 15.4 Å². The van der Waals surface area contributed by atoms with Gasteiger partial charge in [-0.1, -0.05) is 28.4 Å². The van der Waals surface area contributed by atoms with E-state index in [0.29, 0.717) is 33.1 Å². The van der Waals surface area contributed by atoms with Crippen LogP contribution in [0.4, 0.5) is 0 Å². The first-order chi connectivity index (χ1) is 10.6. The third-order valence-corrected chi connectivity index (χ3v) is 6.25. The predicted octanol–water partition coefficient (Wildman–Crippen LogP) is 3.42. The number of rotatable bonds is 3. The van der Waals surface area contributed by atoms with E-state index in [1.165, 1.54) is 11.1 Å². The van der Waals surface area contributed by atoms with E-state index in [1.54, 1.807) is 13.1 Å². The molecule has 126 valence electrons. The molecule has 1 saturated heterocycles. The summed E-state index contributed by atoms with van der Waals surface area (Å²) < 4.78 is 30.6. The molecule has 0 amide bonds. The topological polar surface area (TPSA) is 72.6 Å². The molecule has 0 aliphatic carbocycles. The van der Waals surface area contributed by atoms with Crippen LogP contribution >= 0.6 is 23.2 Å². The van der Waals surface area contributed by atoms with Gasteiger partial charge in [-0.3, -0.25) is 4.84 Å². The summed E-state index contributed by atoms with van der Waals surface area (Å²) in [5.74, 6) is -0.273. The molecule has 0 radical (unpaired) electrons. The molecular weight excluding hydrogens is 363 g/mol. The maximum atomic E-state index is 12.7. The van der Waals surface area contributed by atoms with Crippen molar-refractivity contribution in [2.24, 2.45) is 0 Å². The van der Waals surface area contributed by atoms with Gasteiger partial charge in [-0.25, -0.2) is 8.42 Å². The van der Waals surface area contributed by atoms with Crippen molar-refractivity contribution >= 4 is 44.0 Å². The van der Waals surface area contributed by atoms with E-state index in [9.17, 15) is 8.42 Å². The highest BCUT2D eigenvalue weighted by Gasteiger charge is 2.44. The Morgan fingerprint density at radius 1 is 1.39 bits per heavy atom. The van der Waals surface area contributed by atoms with Gasteiger partial charge in [-0.15, -0.1) is 0 Å². The Hall–Kier alpha value is -0.860. The molecule has 2 heterocycles. The lowest BCUT2D eigenvalue weighted by atomic mass is 10.1. The molecule has 1 unspecified atom stereocenters. The number of fused-ring (bicyclic) bond motifs is 1. The molecular formula is C14H16Cl2N2O4S. The second-order valence-electron chi connectivity index (χ2n) is 6.26. The monoisotopic (exact) mass is 378 g/mol. The number of benzene rings is 1. The van der Waals surface area contributed by atoms with Crippen molar-refractivity contribution in [3.63, 3.8) is 0 Å². The second-order valence-corrected chi connectivity index (χ2v) is 9.26. The van der Waals surface area contributed by atoms with Gasteiger partial charge in [-0.05, 0) is 26.0 Å².